The molecule has 0 saturated heterocycles. The minimum atomic E-state index is -0.0125. The van der Waals surface area contributed by atoms with Gasteiger partial charge in [-0.15, -0.1) is 0 Å². The maximum Gasteiger partial charge on any atom is 0.253 e. The lowest BCUT2D eigenvalue weighted by Crippen LogP contribution is -2.26. The van der Waals surface area contributed by atoms with Crippen LogP contribution in [0.4, 0.5) is 5.82 Å². The van der Waals surface area contributed by atoms with Crippen molar-refractivity contribution in [3.63, 3.8) is 0 Å². The van der Waals surface area contributed by atoms with E-state index in [-0.39, 0.29) is 5.91 Å². The number of anilines is 1. The lowest BCUT2D eigenvalue weighted by molar-refractivity contribution is 0.0948. The number of aromatic nitrogens is 1. The molecule has 2 unspecified atom stereocenters. The van der Waals surface area contributed by atoms with Gasteiger partial charge in [-0.25, -0.2) is 4.98 Å². The van der Waals surface area contributed by atoms with Gasteiger partial charge in [0.05, 0.1) is 5.56 Å². The predicted octanol–water partition coefficient (Wildman–Crippen LogP) is 2.04. The summed E-state index contributed by atoms with van der Waals surface area (Å²) >= 11 is 0. The van der Waals surface area contributed by atoms with Crippen molar-refractivity contribution in [2.24, 2.45) is 5.92 Å². The molecule has 1 aliphatic carbocycles. The molecule has 17 heavy (non-hydrogen) atoms. The molecular formula is C13H19N3O. The molecule has 1 heterocycles. The molecule has 1 amide bonds. The van der Waals surface area contributed by atoms with E-state index < -0.39 is 0 Å². The minimum Gasteiger partial charge on any atom is -0.370 e. The molecule has 2 N–H and O–H groups in total. The number of hydrogen-bond acceptors (Lipinski definition) is 3. The fourth-order valence-corrected chi connectivity index (χ4v) is 1.94. The molecule has 1 aliphatic rings. The maximum absolute atomic E-state index is 11.9. The third-order valence-electron chi connectivity index (χ3n) is 3.15. The van der Waals surface area contributed by atoms with Gasteiger partial charge < -0.3 is 10.6 Å². The second-order valence-corrected chi connectivity index (χ2v) is 4.45. The van der Waals surface area contributed by atoms with Crippen LogP contribution in [0.2, 0.25) is 0 Å². The predicted molar refractivity (Wildman–Crippen MR) is 68.1 cm³/mol. The van der Waals surface area contributed by atoms with E-state index in [0.717, 1.165) is 25.2 Å². The molecule has 2 rings (SSSR count). The quantitative estimate of drug-likeness (QED) is 0.818. The highest BCUT2D eigenvalue weighted by molar-refractivity contribution is 5.94. The van der Waals surface area contributed by atoms with E-state index in [1.165, 1.54) is 0 Å². The Labute approximate surface area is 102 Å². The molecule has 1 fully saturated rings. The van der Waals surface area contributed by atoms with Crippen LogP contribution in [0.15, 0.2) is 18.3 Å². The zero-order valence-corrected chi connectivity index (χ0v) is 10.4. The summed E-state index contributed by atoms with van der Waals surface area (Å²) in [6.07, 6.45) is 3.88. The molecule has 2 atom stereocenters. The van der Waals surface area contributed by atoms with Crippen LogP contribution in [0.5, 0.6) is 0 Å². The first-order chi connectivity index (χ1) is 8.24. The molecule has 0 spiro atoms. The smallest absolute Gasteiger partial charge is 0.253 e. The zero-order valence-electron chi connectivity index (χ0n) is 10.4. The van der Waals surface area contributed by atoms with Crippen molar-refractivity contribution in [3.8, 4) is 0 Å². The van der Waals surface area contributed by atoms with Crippen molar-refractivity contribution in [2.45, 2.75) is 32.7 Å². The summed E-state index contributed by atoms with van der Waals surface area (Å²) in [6, 6.07) is 4.02. The summed E-state index contributed by atoms with van der Waals surface area (Å²) in [4.78, 5) is 16.0. The second-order valence-electron chi connectivity index (χ2n) is 4.45. The number of carbonyl (C=O) groups is 1. The number of nitrogens with zero attached hydrogens (tertiary/aromatic N) is 1. The van der Waals surface area contributed by atoms with E-state index >= 15 is 0 Å². The van der Waals surface area contributed by atoms with E-state index in [1.807, 2.05) is 19.1 Å². The van der Waals surface area contributed by atoms with Crippen LogP contribution in [0.25, 0.3) is 0 Å². The van der Waals surface area contributed by atoms with E-state index in [9.17, 15) is 4.79 Å². The van der Waals surface area contributed by atoms with Crippen LogP contribution in [0.3, 0.4) is 0 Å². The summed E-state index contributed by atoms with van der Waals surface area (Å²) in [7, 11) is 0. The normalized spacial score (nSPS) is 22.0. The van der Waals surface area contributed by atoms with Gasteiger partial charge >= 0.3 is 0 Å². The van der Waals surface area contributed by atoms with Crippen molar-refractivity contribution in [1.82, 2.24) is 10.3 Å². The third kappa shape index (κ3) is 2.96. The Morgan fingerprint density at radius 2 is 2.29 bits per heavy atom. The monoisotopic (exact) mass is 233 g/mol. The molecule has 0 bridgehead atoms. The van der Waals surface area contributed by atoms with E-state index in [0.29, 0.717) is 17.5 Å². The van der Waals surface area contributed by atoms with Crippen LogP contribution < -0.4 is 10.6 Å². The first-order valence-corrected chi connectivity index (χ1v) is 6.25. The molecule has 92 valence electrons. The Balaban J connectivity index is 1.90. The maximum atomic E-state index is 11.9. The van der Waals surface area contributed by atoms with E-state index in [2.05, 4.69) is 22.5 Å². The highest BCUT2D eigenvalue weighted by Crippen LogP contribution is 2.33. The van der Waals surface area contributed by atoms with Crippen molar-refractivity contribution >= 4 is 11.7 Å². The number of pyridine rings is 1. The topological polar surface area (TPSA) is 54.0 Å². The lowest BCUT2D eigenvalue weighted by atomic mass is 10.2. The Kier molecular flexibility index (Phi) is 3.61. The van der Waals surface area contributed by atoms with Gasteiger partial charge in [-0.3, -0.25) is 4.79 Å². The van der Waals surface area contributed by atoms with Crippen molar-refractivity contribution in [2.75, 3.05) is 11.9 Å². The van der Waals surface area contributed by atoms with Gasteiger partial charge in [-0.05, 0) is 31.4 Å². The van der Waals surface area contributed by atoms with Crippen LogP contribution >= 0.6 is 0 Å². The van der Waals surface area contributed by atoms with Crippen LogP contribution in [0.1, 0.15) is 37.0 Å². The highest BCUT2D eigenvalue weighted by atomic mass is 16.1. The van der Waals surface area contributed by atoms with Gasteiger partial charge in [-0.2, -0.15) is 0 Å². The van der Waals surface area contributed by atoms with Crippen LogP contribution in [-0.4, -0.2) is 23.5 Å². The van der Waals surface area contributed by atoms with Gasteiger partial charge in [0.25, 0.3) is 5.91 Å². The molecule has 4 heteroatoms. The Morgan fingerprint density at radius 3 is 2.82 bits per heavy atom. The number of amides is 1. The van der Waals surface area contributed by atoms with Gasteiger partial charge in [0, 0.05) is 18.8 Å². The molecule has 1 saturated carbocycles. The molecule has 4 nitrogen and oxygen atoms in total. The average Bonchev–Trinajstić information content (AvgIpc) is 3.09. The minimum absolute atomic E-state index is 0.0125. The molecule has 1 aromatic heterocycles. The van der Waals surface area contributed by atoms with Crippen LogP contribution in [-0.2, 0) is 0 Å². The Morgan fingerprint density at radius 1 is 1.47 bits per heavy atom. The molecular weight excluding hydrogens is 214 g/mol. The Bertz CT molecular complexity index is 388. The van der Waals surface area contributed by atoms with Gasteiger partial charge in [0.2, 0.25) is 0 Å². The number of carbonyl (C=O) groups excluding carboxylic acids is 1. The SMILES string of the molecule is CCNc1ccc(C(=O)NC2CC2CC)cn1. The Hall–Kier alpha value is -1.58. The summed E-state index contributed by atoms with van der Waals surface area (Å²) in [5, 5.41) is 6.12. The third-order valence-corrected chi connectivity index (χ3v) is 3.15. The number of hydrogen-bond donors (Lipinski definition) is 2. The lowest BCUT2D eigenvalue weighted by Gasteiger charge is -2.05. The first-order valence-electron chi connectivity index (χ1n) is 6.25. The molecule has 0 aliphatic heterocycles. The van der Waals surface area contributed by atoms with Crippen molar-refractivity contribution < 1.29 is 4.79 Å². The van der Waals surface area contributed by atoms with E-state index in [1.54, 1.807) is 6.20 Å². The highest BCUT2D eigenvalue weighted by Gasteiger charge is 2.36. The van der Waals surface area contributed by atoms with Gasteiger partial charge in [0.15, 0.2) is 0 Å². The van der Waals surface area contributed by atoms with Gasteiger partial charge in [0.1, 0.15) is 5.82 Å². The number of nitrogens with one attached hydrogen (secondary N) is 2. The summed E-state index contributed by atoms with van der Waals surface area (Å²) in [6.45, 7) is 5.00. The first kappa shape index (κ1) is 11.9. The summed E-state index contributed by atoms with van der Waals surface area (Å²) < 4.78 is 0. The van der Waals surface area contributed by atoms with Crippen molar-refractivity contribution in [3.05, 3.63) is 23.9 Å². The molecule has 1 aromatic rings. The number of rotatable bonds is 5. The van der Waals surface area contributed by atoms with E-state index in [4.69, 9.17) is 0 Å². The molecule has 0 radical (unpaired) electrons. The largest absolute Gasteiger partial charge is 0.370 e. The zero-order chi connectivity index (χ0) is 12.3. The second kappa shape index (κ2) is 5.17. The summed E-state index contributed by atoms with van der Waals surface area (Å²) in [5.74, 6) is 1.47. The molecule has 0 aromatic carbocycles. The fraction of sp³-hybridized carbons (Fsp3) is 0.538. The standard InChI is InChI=1S/C13H19N3O/c1-3-9-7-11(9)16-13(17)10-5-6-12(14-4-2)15-8-10/h5-6,8-9,11H,3-4,7H2,1-2H3,(H,14,15)(H,16,17). The van der Waals surface area contributed by atoms with Crippen molar-refractivity contribution in [1.29, 1.82) is 0 Å². The van der Waals surface area contributed by atoms with Crippen LogP contribution in [0, 0.1) is 5.92 Å². The van der Waals surface area contributed by atoms with Gasteiger partial charge in [-0.1, -0.05) is 13.3 Å². The summed E-state index contributed by atoms with van der Waals surface area (Å²) in [5.41, 5.74) is 0.633. The average molecular weight is 233 g/mol. The fourth-order valence-electron chi connectivity index (χ4n) is 1.94.